The van der Waals surface area contributed by atoms with Gasteiger partial charge in [0, 0.05) is 43.2 Å². The molecule has 2 N–H and O–H groups in total. The minimum atomic E-state index is -2.70. The van der Waals surface area contributed by atoms with E-state index in [9.17, 15) is 23.2 Å². The number of rotatable bonds is 5. The number of ether oxygens (including phenoxy) is 1. The Balaban J connectivity index is 1.60. The van der Waals surface area contributed by atoms with Crippen molar-refractivity contribution < 1.29 is 28.2 Å². The number of hydrogen-bond acceptors (Lipinski definition) is 5. The molecule has 1 aromatic heterocycles. The number of esters is 1. The molecule has 1 aromatic rings. The molecule has 1 unspecified atom stereocenters. The van der Waals surface area contributed by atoms with Crippen molar-refractivity contribution in [1.82, 2.24) is 9.47 Å². The van der Waals surface area contributed by atoms with Gasteiger partial charge in [0.15, 0.2) is 0 Å². The first kappa shape index (κ1) is 17.7. The summed E-state index contributed by atoms with van der Waals surface area (Å²) >= 11 is 0. The predicted molar refractivity (Wildman–Crippen MR) is 89.2 cm³/mol. The van der Waals surface area contributed by atoms with Gasteiger partial charge in [0.1, 0.15) is 5.54 Å². The Bertz CT molecular complexity index is 855. The maximum atomic E-state index is 13.4. The fourth-order valence-corrected chi connectivity index (χ4v) is 4.04. The molecule has 3 atom stereocenters. The maximum absolute atomic E-state index is 13.4. The number of methoxy groups -OCH3 is 1. The van der Waals surface area contributed by atoms with Gasteiger partial charge in [-0.05, 0) is 12.8 Å². The van der Waals surface area contributed by atoms with Gasteiger partial charge in [-0.15, -0.1) is 0 Å². The summed E-state index contributed by atoms with van der Waals surface area (Å²) in [5.74, 6) is -0.524. The standard InChI is InChI=1S/C17H19F2N3O5/c1-27-14(24)10-7-22(17(2-3-17)15(18)19)12(23)4-11(10)20-13-8-5-21(16(25)26)6-9(8)13/h4,7-9,13,15,20H,2-3,5-6H2,1H3,(H,25,26)/t8-,9+,13?. The van der Waals surface area contributed by atoms with Crippen molar-refractivity contribution in [3.63, 3.8) is 0 Å². The Kier molecular flexibility index (Phi) is 3.90. The summed E-state index contributed by atoms with van der Waals surface area (Å²) in [6.07, 6.45) is -2.17. The normalized spacial score (nSPS) is 27.3. The largest absolute Gasteiger partial charge is 0.465 e. The Labute approximate surface area is 152 Å². The number of carbonyl (C=O) groups excluding carboxylic acids is 1. The van der Waals surface area contributed by atoms with Gasteiger partial charge >= 0.3 is 12.1 Å². The van der Waals surface area contributed by atoms with Crippen LogP contribution >= 0.6 is 0 Å². The molecule has 4 rings (SSSR count). The van der Waals surface area contributed by atoms with Crippen LogP contribution in [0, 0.1) is 11.8 Å². The lowest BCUT2D eigenvalue weighted by atomic mass is 10.2. The molecule has 8 nitrogen and oxygen atoms in total. The average molecular weight is 383 g/mol. The Morgan fingerprint density at radius 1 is 1.33 bits per heavy atom. The number of amides is 1. The third kappa shape index (κ3) is 2.74. The summed E-state index contributed by atoms with van der Waals surface area (Å²) in [7, 11) is 1.18. The third-order valence-electron chi connectivity index (χ3n) is 5.89. The highest BCUT2D eigenvalue weighted by Crippen LogP contribution is 2.49. The van der Waals surface area contributed by atoms with Crippen LogP contribution < -0.4 is 10.9 Å². The molecule has 27 heavy (non-hydrogen) atoms. The number of pyridine rings is 1. The van der Waals surface area contributed by atoms with Crippen molar-refractivity contribution in [3.05, 3.63) is 28.2 Å². The van der Waals surface area contributed by atoms with Crippen LogP contribution in [0.4, 0.5) is 19.3 Å². The van der Waals surface area contributed by atoms with E-state index in [1.54, 1.807) is 0 Å². The van der Waals surface area contributed by atoms with Crippen LogP contribution in [0.25, 0.3) is 0 Å². The van der Waals surface area contributed by atoms with Crippen LogP contribution in [0.1, 0.15) is 23.2 Å². The molecule has 10 heteroatoms. The van der Waals surface area contributed by atoms with Crippen LogP contribution in [0.2, 0.25) is 0 Å². The molecule has 0 radical (unpaired) electrons. The summed E-state index contributed by atoms with van der Waals surface area (Å²) < 4.78 is 32.5. The number of aromatic nitrogens is 1. The molecule has 2 heterocycles. The van der Waals surface area contributed by atoms with Gasteiger partial charge in [0.05, 0.1) is 18.4 Å². The zero-order valence-electron chi connectivity index (χ0n) is 14.5. The molecule has 1 saturated heterocycles. The van der Waals surface area contributed by atoms with Crippen LogP contribution in [-0.4, -0.2) is 59.3 Å². The van der Waals surface area contributed by atoms with Gasteiger partial charge in [-0.1, -0.05) is 0 Å². The van der Waals surface area contributed by atoms with Crippen molar-refractivity contribution in [2.24, 2.45) is 11.8 Å². The first-order valence-electron chi connectivity index (χ1n) is 8.66. The first-order valence-corrected chi connectivity index (χ1v) is 8.66. The molecule has 0 bridgehead atoms. The van der Waals surface area contributed by atoms with E-state index in [2.05, 4.69) is 5.32 Å². The van der Waals surface area contributed by atoms with Crippen molar-refractivity contribution in [2.75, 3.05) is 25.5 Å². The molecule has 3 aliphatic rings. The third-order valence-corrected chi connectivity index (χ3v) is 5.89. The van der Waals surface area contributed by atoms with E-state index in [-0.39, 0.29) is 42.0 Å². The summed E-state index contributed by atoms with van der Waals surface area (Å²) in [6, 6.07) is 1.08. The van der Waals surface area contributed by atoms with Crippen LogP contribution in [0.5, 0.6) is 0 Å². The van der Waals surface area contributed by atoms with Gasteiger partial charge in [-0.2, -0.15) is 0 Å². The van der Waals surface area contributed by atoms with E-state index < -0.39 is 29.6 Å². The zero-order valence-corrected chi connectivity index (χ0v) is 14.5. The topological polar surface area (TPSA) is 101 Å². The monoisotopic (exact) mass is 383 g/mol. The van der Waals surface area contributed by atoms with Crippen molar-refractivity contribution in [2.45, 2.75) is 30.8 Å². The van der Waals surface area contributed by atoms with Gasteiger partial charge in [-0.25, -0.2) is 18.4 Å². The van der Waals surface area contributed by atoms with Gasteiger partial charge in [-0.3, -0.25) is 4.79 Å². The Morgan fingerprint density at radius 2 is 1.96 bits per heavy atom. The van der Waals surface area contributed by atoms with Crippen molar-refractivity contribution in [3.8, 4) is 0 Å². The minimum Gasteiger partial charge on any atom is -0.465 e. The summed E-state index contributed by atoms with van der Waals surface area (Å²) in [4.78, 5) is 36.9. The number of piperidine rings is 1. The number of hydrogen-bond donors (Lipinski definition) is 2. The fourth-order valence-electron chi connectivity index (χ4n) is 4.04. The second-order valence-electron chi connectivity index (χ2n) is 7.39. The summed E-state index contributed by atoms with van der Waals surface area (Å²) in [5, 5.41) is 12.1. The van der Waals surface area contributed by atoms with E-state index in [4.69, 9.17) is 9.84 Å². The van der Waals surface area contributed by atoms with E-state index in [0.29, 0.717) is 13.1 Å². The number of nitrogens with one attached hydrogen (secondary N) is 1. The lowest BCUT2D eigenvalue weighted by Gasteiger charge is -2.21. The van der Waals surface area contributed by atoms with Gasteiger partial charge in [0.2, 0.25) is 0 Å². The highest BCUT2D eigenvalue weighted by Gasteiger charge is 2.57. The van der Waals surface area contributed by atoms with Crippen LogP contribution in [0.15, 0.2) is 17.1 Å². The predicted octanol–water partition coefficient (Wildman–Crippen LogP) is 1.41. The number of carbonyl (C=O) groups is 2. The molecular weight excluding hydrogens is 364 g/mol. The average Bonchev–Trinajstić information content (AvgIpc) is 3.50. The summed E-state index contributed by atoms with van der Waals surface area (Å²) in [5.41, 5.74) is -1.91. The molecule has 146 valence electrons. The van der Waals surface area contributed by atoms with Crippen molar-refractivity contribution >= 4 is 17.7 Å². The molecule has 3 fully saturated rings. The number of fused-ring (bicyclic) bond motifs is 1. The second kappa shape index (κ2) is 5.93. The first-order chi connectivity index (χ1) is 12.8. The fraction of sp³-hybridized carbons (Fsp3) is 0.588. The van der Waals surface area contributed by atoms with Crippen molar-refractivity contribution in [1.29, 1.82) is 0 Å². The number of nitrogens with zero attached hydrogens (tertiary/aromatic N) is 2. The van der Waals surface area contributed by atoms with Gasteiger partial charge < -0.3 is 24.6 Å². The quantitative estimate of drug-likeness (QED) is 0.746. The summed E-state index contributed by atoms with van der Waals surface area (Å²) in [6.45, 7) is 0.771. The molecule has 2 saturated carbocycles. The van der Waals surface area contributed by atoms with Crippen LogP contribution in [-0.2, 0) is 10.3 Å². The molecule has 2 aliphatic carbocycles. The van der Waals surface area contributed by atoms with Crippen LogP contribution in [0.3, 0.4) is 0 Å². The maximum Gasteiger partial charge on any atom is 0.407 e. The lowest BCUT2D eigenvalue weighted by molar-refractivity contribution is 0.0580. The van der Waals surface area contributed by atoms with E-state index >= 15 is 0 Å². The Hall–Kier alpha value is -2.65. The van der Waals surface area contributed by atoms with E-state index in [1.165, 1.54) is 12.0 Å². The second-order valence-corrected chi connectivity index (χ2v) is 7.39. The number of carboxylic acid groups (broad SMARTS) is 1. The highest BCUT2D eigenvalue weighted by molar-refractivity contribution is 5.95. The number of alkyl halides is 2. The lowest BCUT2D eigenvalue weighted by Crippen LogP contribution is -2.36. The minimum absolute atomic E-state index is 0.0177. The SMILES string of the molecule is COC(=O)c1cn(C2(C(F)F)CC2)c(=O)cc1NC1[C@H]2CN(C(=O)O)C[C@@H]12. The highest BCUT2D eigenvalue weighted by atomic mass is 19.3. The molecule has 1 aliphatic heterocycles. The molecular formula is C17H19F2N3O5. The molecule has 1 amide bonds. The smallest absolute Gasteiger partial charge is 0.407 e. The molecule has 0 spiro atoms. The zero-order chi connectivity index (χ0) is 19.5. The Morgan fingerprint density at radius 3 is 2.44 bits per heavy atom. The van der Waals surface area contributed by atoms with Gasteiger partial charge in [0.25, 0.3) is 12.0 Å². The molecule has 0 aromatic carbocycles. The van der Waals surface area contributed by atoms with E-state index in [0.717, 1.165) is 16.8 Å². The van der Waals surface area contributed by atoms with E-state index in [1.807, 2.05) is 0 Å². The number of anilines is 1. The number of likely N-dealkylation sites (tertiary alicyclic amines) is 1. The number of halogens is 2.